The Balaban J connectivity index is 1.48. The Morgan fingerprint density at radius 3 is 2.52 bits per heavy atom. The lowest BCUT2D eigenvalue weighted by atomic mass is 9.90. The maximum atomic E-state index is 12.5. The van der Waals surface area contributed by atoms with Crippen LogP contribution in [-0.2, 0) is 9.53 Å². The smallest absolute Gasteiger partial charge is 0.225 e. The van der Waals surface area contributed by atoms with Gasteiger partial charge in [-0.05, 0) is 37.8 Å². The molecule has 0 bridgehead atoms. The summed E-state index contributed by atoms with van der Waals surface area (Å²) < 4.78 is 11.0. The Morgan fingerprint density at radius 2 is 1.87 bits per heavy atom. The van der Waals surface area contributed by atoms with Crippen molar-refractivity contribution < 1.29 is 19.4 Å². The monoisotopic (exact) mass is 319 g/mol. The van der Waals surface area contributed by atoms with Crippen LogP contribution in [0.1, 0.15) is 25.7 Å². The number of carbonyl (C=O) groups is 1. The molecule has 23 heavy (non-hydrogen) atoms. The van der Waals surface area contributed by atoms with Crippen LogP contribution in [0.4, 0.5) is 0 Å². The number of ether oxygens (including phenoxy) is 2. The fourth-order valence-electron chi connectivity index (χ4n) is 3.22. The van der Waals surface area contributed by atoms with Crippen LogP contribution in [0.5, 0.6) is 5.75 Å². The molecule has 2 saturated heterocycles. The zero-order valence-corrected chi connectivity index (χ0v) is 13.4. The molecule has 0 spiro atoms. The third-order valence-corrected chi connectivity index (χ3v) is 4.83. The number of rotatable bonds is 4. The molecule has 2 heterocycles. The van der Waals surface area contributed by atoms with Crippen molar-refractivity contribution in [3.05, 3.63) is 30.3 Å². The molecular weight excluding hydrogens is 294 g/mol. The minimum absolute atomic E-state index is 0.0931. The van der Waals surface area contributed by atoms with Gasteiger partial charge in [0.1, 0.15) is 18.0 Å². The highest BCUT2D eigenvalue weighted by atomic mass is 16.5. The first-order valence-corrected chi connectivity index (χ1v) is 8.43. The Hall–Kier alpha value is -1.59. The summed E-state index contributed by atoms with van der Waals surface area (Å²) in [5, 5.41) is 10.7. The van der Waals surface area contributed by atoms with E-state index in [2.05, 4.69) is 0 Å². The van der Waals surface area contributed by atoms with E-state index in [4.69, 9.17) is 9.47 Å². The van der Waals surface area contributed by atoms with Gasteiger partial charge in [-0.2, -0.15) is 0 Å². The number of carbonyl (C=O) groups excluding carboxylic acids is 1. The first-order valence-electron chi connectivity index (χ1n) is 8.43. The van der Waals surface area contributed by atoms with E-state index in [9.17, 15) is 9.90 Å². The zero-order valence-electron chi connectivity index (χ0n) is 13.4. The Morgan fingerprint density at radius 1 is 1.22 bits per heavy atom. The quantitative estimate of drug-likeness (QED) is 0.920. The summed E-state index contributed by atoms with van der Waals surface area (Å²) >= 11 is 0. The first-order chi connectivity index (χ1) is 11.2. The highest BCUT2D eigenvalue weighted by molar-refractivity contribution is 5.79. The van der Waals surface area contributed by atoms with Gasteiger partial charge in [0.2, 0.25) is 5.91 Å². The van der Waals surface area contributed by atoms with Crippen molar-refractivity contribution in [2.45, 2.75) is 31.3 Å². The van der Waals surface area contributed by atoms with Crippen LogP contribution < -0.4 is 4.74 Å². The van der Waals surface area contributed by atoms with Gasteiger partial charge in [-0.1, -0.05) is 18.2 Å². The van der Waals surface area contributed by atoms with Crippen LogP contribution in [0.2, 0.25) is 0 Å². The third-order valence-electron chi connectivity index (χ3n) is 4.83. The number of benzene rings is 1. The average molecular weight is 319 g/mol. The summed E-state index contributed by atoms with van der Waals surface area (Å²) in [4.78, 5) is 14.4. The topological polar surface area (TPSA) is 59.0 Å². The summed E-state index contributed by atoms with van der Waals surface area (Å²) in [5.74, 6) is 1.08. The lowest BCUT2D eigenvalue weighted by Crippen LogP contribution is -2.51. The van der Waals surface area contributed by atoms with Crippen molar-refractivity contribution in [3.8, 4) is 5.75 Å². The van der Waals surface area contributed by atoms with Crippen LogP contribution in [0.3, 0.4) is 0 Å². The molecule has 126 valence electrons. The molecule has 5 nitrogen and oxygen atoms in total. The van der Waals surface area contributed by atoms with Crippen LogP contribution in [0.15, 0.2) is 30.3 Å². The number of para-hydroxylation sites is 1. The number of aliphatic hydroxyl groups is 1. The van der Waals surface area contributed by atoms with E-state index in [1.807, 2.05) is 35.2 Å². The van der Waals surface area contributed by atoms with Gasteiger partial charge in [0.05, 0.1) is 0 Å². The Kier molecular flexibility index (Phi) is 5.18. The summed E-state index contributed by atoms with van der Waals surface area (Å²) in [7, 11) is 0. The van der Waals surface area contributed by atoms with Crippen molar-refractivity contribution in [2.75, 3.05) is 32.9 Å². The highest BCUT2D eigenvalue weighted by Crippen LogP contribution is 2.26. The minimum atomic E-state index is -0.845. The maximum Gasteiger partial charge on any atom is 0.225 e. The molecule has 1 N–H and O–H groups in total. The van der Waals surface area contributed by atoms with Crippen LogP contribution in [0.25, 0.3) is 0 Å². The van der Waals surface area contributed by atoms with Crippen LogP contribution in [-0.4, -0.2) is 54.4 Å². The number of likely N-dealkylation sites (tertiary alicyclic amines) is 1. The van der Waals surface area contributed by atoms with Crippen molar-refractivity contribution in [2.24, 2.45) is 5.92 Å². The van der Waals surface area contributed by atoms with E-state index >= 15 is 0 Å². The molecule has 0 saturated carbocycles. The predicted molar refractivity (Wildman–Crippen MR) is 86.2 cm³/mol. The summed E-state index contributed by atoms with van der Waals surface area (Å²) in [5.41, 5.74) is -0.845. The van der Waals surface area contributed by atoms with Crippen LogP contribution >= 0.6 is 0 Å². The van der Waals surface area contributed by atoms with Gasteiger partial charge in [0.15, 0.2) is 0 Å². The second-order valence-electron chi connectivity index (χ2n) is 6.54. The number of hydrogen-bond donors (Lipinski definition) is 1. The summed E-state index contributed by atoms with van der Waals surface area (Å²) in [6, 6.07) is 9.52. The van der Waals surface area contributed by atoms with Gasteiger partial charge >= 0.3 is 0 Å². The SMILES string of the molecule is O=C(C1CCOCC1)N1CCC(O)(COc2ccccc2)CC1. The maximum absolute atomic E-state index is 12.5. The standard InChI is InChI=1S/C18H25NO4/c20-17(15-6-12-22-13-7-15)19-10-8-18(21,9-11-19)14-23-16-4-2-1-3-5-16/h1-5,15,21H,6-14H2. The van der Waals surface area contributed by atoms with Gasteiger partial charge in [0.25, 0.3) is 0 Å². The van der Waals surface area contributed by atoms with Gasteiger partial charge in [-0.15, -0.1) is 0 Å². The van der Waals surface area contributed by atoms with E-state index < -0.39 is 5.60 Å². The average Bonchev–Trinajstić information content (AvgIpc) is 2.62. The summed E-state index contributed by atoms with van der Waals surface area (Å²) in [6.07, 6.45) is 2.76. The van der Waals surface area contributed by atoms with E-state index in [0.29, 0.717) is 39.1 Å². The van der Waals surface area contributed by atoms with E-state index in [0.717, 1.165) is 18.6 Å². The predicted octanol–water partition coefficient (Wildman–Crippen LogP) is 1.85. The highest BCUT2D eigenvalue weighted by Gasteiger charge is 2.36. The molecular formula is C18H25NO4. The molecule has 0 aromatic heterocycles. The molecule has 0 unspecified atom stereocenters. The Bertz CT molecular complexity index is 505. The molecule has 0 atom stereocenters. The molecule has 0 radical (unpaired) electrons. The molecule has 0 aliphatic carbocycles. The van der Waals surface area contributed by atoms with Crippen molar-refractivity contribution in [1.29, 1.82) is 0 Å². The van der Waals surface area contributed by atoms with E-state index in [1.165, 1.54) is 0 Å². The van der Waals surface area contributed by atoms with Gasteiger partial charge < -0.3 is 19.5 Å². The molecule has 2 aliphatic heterocycles. The third kappa shape index (κ3) is 4.24. The number of amides is 1. The van der Waals surface area contributed by atoms with Crippen molar-refractivity contribution >= 4 is 5.91 Å². The lowest BCUT2D eigenvalue weighted by molar-refractivity contribution is -0.143. The van der Waals surface area contributed by atoms with Crippen molar-refractivity contribution in [1.82, 2.24) is 4.90 Å². The molecule has 3 rings (SSSR count). The Labute approximate surface area is 137 Å². The lowest BCUT2D eigenvalue weighted by Gasteiger charge is -2.39. The molecule has 1 aromatic carbocycles. The minimum Gasteiger partial charge on any atom is -0.491 e. The van der Waals surface area contributed by atoms with Crippen LogP contribution in [0, 0.1) is 5.92 Å². The fraction of sp³-hybridized carbons (Fsp3) is 0.611. The van der Waals surface area contributed by atoms with E-state index in [1.54, 1.807) is 0 Å². The number of nitrogens with zero attached hydrogens (tertiary/aromatic N) is 1. The van der Waals surface area contributed by atoms with Gasteiger partial charge in [-0.25, -0.2) is 0 Å². The fourth-order valence-corrected chi connectivity index (χ4v) is 3.22. The molecule has 2 aliphatic rings. The van der Waals surface area contributed by atoms with Crippen molar-refractivity contribution in [3.63, 3.8) is 0 Å². The van der Waals surface area contributed by atoms with Gasteiger partial charge in [-0.3, -0.25) is 4.79 Å². The molecule has 5 heteroatoms. The van der Waals surface area contributed by atoms with E-state index in [-0.39, 0.29) is 18.4 Å². The molecule has 1 aromatic rings. The number of piperidine rings is 1. The number of hydrogen-bond acceptors (Lipinski definition) is 4. The first kappa shape index (κ1) is 16.3. The zero-order chi connectivity index (χ0) is 16.1. The second kappa shape index (κ2) is 7.32. The molecule has 1 amide bonds. The van der Waals surface area contributed by atoms with Gasteiger partial charge in [0, 0.05) is 32.2 Å². The second-order valence-corrected chi connectivity index (χ2v) is 6.54. The normalized spacial score (nSPS) is 21.9. The summed E-state index contributed by atoms with van der Waals surface area (Å²) in [6.45, 7) is 2.84. The molecule has 2 fully saturated rings. The largest absolute Gasteiger partial charge is 0.491 e.